The SMILES string of the molecule is CCN(c1nccnc1Cl)C1CCCC1. The molecule has 0 aromatic carbocycles. The Morgan fingerprint density at radius 1 is 1.33 bits per heavy atom. The molecule has 1 saturated carbocycles. The van der Waals surface area contributed by atoms with E-state index in [1.807, 2.05) is 0 Å². The smallest absolute Gasteiger partial charge is 0.171 e. The molecule has 0 atom stereocenters. The van der Waals surface area contributed by atoms with Crippen LogP contribution in [0.3, 0.4) is 0 Å². The van der Waals surface area contributed by atoms with E-state index in [4.69, 9.17) is 11.6 Å². The third kappa shape index (κ3) is 2.23. The summed E-state index contributed by atoms with van der Waals surface area (Å²) in [5.74, 6) is 0.841. The fourth-order valence-electron chi connectivity index (χ4n) is 2.30. The van der Waals surface area contributed by atoms with Gasteiger partial charge in [0, 0.05) is 25.0 Å². The second-order valence-corrected chi connectivity index (χ2v) is 4.25. The van der Waals surface area contributed by atoms with Gasteiger partial charge in [0.1, 0.15) is 0 Å². The molecule has 1 fully saturated rings. The topological polar surface area (TPSA) is 29.0 Å². The van der Waals surface area contributed by atoms with Gasteiger partial charge in [0.2, 0.25) is 0 Å². The van der Waals surface area contributed by atoms with Gasteiger partial charge in [0.05, 0.1) is 0 Å². The van der Waals surface area contributed by atoms with Gasteiger partial charge in [-0.2, -0.15) is 0 Å². The van der Waals surface area contributed by atoms with E-state index in [9.17, 15) is 0 Å². The first kappa shape index (κ1) is 10.7. The zero-order valence-electron chi connectivity index (χ0n) is 8.99. The lowest BCUT2D eigenvalue weighted by Gasteiger charge is -2.28. The zero-order chi connectivity index (χ0) is 10.7. The second-order valence-electron chi connectivity index (χ2n) is 3.90. The molecule has 15 heavy (non-hydrogen) atoms. The van der Waals surface area contributed by atoms with Crippen LogP contribution in [0.1, 0.15) is 32.6 Å². The summed E-state index contributed by atoms with van der Waals surface area (Å²) in [7, 11) is 0. The van der Waals surface area contributed by atoms with Crippen molar-refractivity contribution in [2.24, 2.45) is 0 Å². The highest BCUT2D eigenvalue weighted by Crippen LogP contribution is 2.29. The number of nitrogens with zero attached hydrogens (tertiary/aromatic N) is 3. The molecule has 0 spiro atoms. The van der Waals surface area contributed by atoms with Crippen molar-refractivity contribution in [3.05, 3.63) is 17.5 Å². The number of hydrogen-bond acceptors (Lipinski definition) is 3. The summed E-state index contributed by atoms with van der Waals surface area (Å²) < 4.78 is 0. The van der Waals surface area contributed by atoms with E-state index < -0.39 is 0 Å². The first-order valence-corrected chi connectivity index (χ1v) is 5.94. The number of halogens is 1. The van der Waals surface area contributed by atoms with Crippen molar-refractivity contribution in [2.45, 2.75) is 38.6 Å². The predicted octanol–water partition coefficient (Wildman–Crippen LogP) is 2.90. The first-order valence-electron chi connectivity index (χ1n) is 5.56. The third-order valence-electron chi connectivity index (χ3n) is 3.01. The van der Waals surface area contributed by atoms with Gasteiger partial charge < -0.3 is 4.90 Å². The summed E-state index contributed by atoms with van der Waals surface area (Å²) in [6.45, 7) is 3.09. The van der Waals surface area contributed by atoms with Crippen molar-refractivity contribution >= 4 is 17.4 Å². The van der Waals surface area contributed by atoms with Crippen LogP contribution in [0.2, 0.25) is 5.15 Å². The molecule has 0 unspecified atom stereocenters. The van der Waals surface area contributed by atoms with Crippen LogP contribution in [-0.2, 0) is 0 Å². The number of hydrogen-bond donors (Lipinski definition) is 0. The molecule has 0 saturated heterocycles. The molecule has 1 heterocycles. The van der Waals surface area contributed by atoms with Crippen LogP contribution in [0, 0.1) is 0 Å². The van der Waals surface area contributed by atoms with Crippen LogP contribution in [0.25, 0.3) is 0 Å². The number of rotatable bonds is 3. The molecule has 1 aliphatic rings. The molecular weight excluding hydrogens is 210 g/mol. The normalized spacial score (nSPS) is 16.9. The Labute approximate surface area is 95.5 Å². The van der Waals surface area contributed by atoms with Crippen LogP contribution in [-0.4, -0.2) is 22.6 Å². The molecule has 1 aliphatic carbocycles. The maximum atomic E-state index is 6.06. The lowest BCUT2D eigenvalue weighted by molar-refractivity contribution is 0.612. The summed E-state index contributed by atoms with van der Waals surface area (Å²) >= 11 is 6.06. The van der Waals surface area contributed by atoms with Crippen molar-refractivity contribution in [3.63, 3.8) is 0 Å². The zero-order valence-corrected chi connectivity index (χ0v) is 9.74. The Morgan fingerprint density at radius 3 is 2.60 bits per heavy atom. The van der Waals surface area contributed by atoms with Crippen LogP contribution in [0.4, 0.5) is 5.82 Å². The Balaban J connectivity index is 2.22. The summed E-state index contributed by atoms with van der Waals surface area (Å²) in [4.78, 5) is 10.7. The van der Waals surface area contributed by atoms with Crippen molar-refractivity contribution in [1.29, 1.82) is 0 Å². The van der Waals surface area contributed by atoms with Gasteiger partial charge in [0.15, 0.2) is 11.0 Å². The highest BCUT2D eigenvalue weighted by molar-refractivity contribution is 6.31. The van der Waals surface area contributed by atoms with E-state index in [1.165, 1.54) is 25.7 Å². The molecule has 0 bridgehead atoms. The fraction of sp³-hybridized carbons (Fsp3) is 0.636. The molecular formula is C11H16ClN3. The largest absolute Gasteiger partial charge is 0.351 e. The Hall–Kier alpha value is -0.830. The van der Waals surface area contributed by atoms with Gasteiger partial charge in [-0.15, -0.1) is 0 Å². The van der Waals surface area contributed by atoms with Crippen LogP contribution < -0.4 is 4.90 Å². The third-order valence-corrected chi connectivity index (χ3v) is 3.28. The Morgan fingerprint density at radius 2 is 2.00 bits per heavy atom. The molecule has 0 amide bonds. The van der Waals surface area contributed by atoms with Gasteiger partial charge >= 0.3 is 0 Å². The molecule has 0 N–H and O–H groups in total. The lowest BCUT2D eigenvalue weighted by atomic mass is 10.2. The van der Waals surface area contributed by atoms with E-state index in [0.29, 0.717) is 11.2 Å². The van der Waals surface area contributed by atoms with Crippen LogP contribution in [0.15, 0.2) is 12.4 Å². The molecule has 1 aromatic heterocycles. The minimum Gasteiger partial charge on any atom is -0.351 e. The van der Waals surface area contributed by atoms with Gasteiger partial charge in [-0.05, 0) is 19.8 Å². The number of anilines is 1. The summed E-state index contributed by atoms with van der Waals surface area (Å²) in [6.07, 6.45) is 8.48. The summed E-state index contributed by atoms with van der Waals surface area (Å²) in [5.41, 5.74) is 0. The molecule has 1 aromatic rings. The van der Waals surface area contributed by atoms with E-state index in [0.717, 1.165) is 12.4 Å². The minimum atomic E-state index is 0.520. The average Bonchev–Trinajstić information content (AvgIpc) is 2.75. The van der Waals surface area contributed by atoms with E-state index >= 15 is 0 Å². The van der Waals surface area contributed by atoms with Crippen molar-refractivity contribution in [1.82, 2.24) is 9.97 Å². The molecule has 2 rings (SSSR count). The molecule has 0 aliphatic heterocycles. The van der Waals surface area contributed by atoms with Gasteiger partial charge in [-0.1, -0.05) is 24.4 Å². The standard InChI is InChI=1S/C11H16ClN3/c1-2-15(9-5-3-4-6-9)11-10(12)13-7-8-14-11/h7-9H,2-6H2,1H3. The first-order chi connectivity index (χ1) is 7.33. The van der Waals surface area contributed by atoms with E-state index in [1.54, 1.807) is 12.4 Å². The molecule has 4 heteroatoms. The highest BCUT2D eigenvalue weighted by Gasteiger charge is 2.24. The van der Waals surface area contributed by atoms with Crippen molar-refractivity contribution in [2.75, 3.05) is 11.4 Å². The summed E-state index contributed by atoms with van der Waals surface area (Å²) in [5, 5.41) is 0.520. The van der Waals surface area contributed by atoms with Crippen molar-refractivity contribution < 1.29 is 0 Å². The molecule has 3 nitrogen and oxygen atoms in total. The lowest BCUT2D eigenvalue weighted by Crippen LogP contribution is -2.34. The number of aromatic nitrogens is 2. The Kier molecular flexibility index (Phi) is 3.41. The van der Waals surface area contributed by atoms with Gasteiger partial charge in [-0.3, -0.25) is 0 Å². The fourth-order valence-corrected chi connectivity index (χ4v) is 2.52. The highest BCUT2D eigenvalue weighted by atomic mass is 35.5. The quantitative estimate of drug-likeness (QED) is 0.792. The maximum absolute atomic E-state index is 6.06. The van der Waals surface area contributed by atoms with Crippen LogP contribution in [0.5, 0.6) is 0 Å². The maximum Gasteiger partial charge on any atom is 0.171 e. The molecule has 82 valence electrons. The Bertz CT molecular complexity index is 323. The van der Waals surface area contributed by atoms with E-state index in [-0.39, 0.29) is 0 Å². The monoisotopic (exact) mass is 225 g/mol. The van der Waals surface area contributed by atoms with Crippen molar-refractivity contribution in [3.8, 4) is 0 Å². The second kappa shape index (κ2) is 4.79. The molecule has 0 radical (unpaired) electrons. The van der Waals surface area contributed by atoms with E-state index in [2.05, 4.69) is 21.8 Å². The van der Waals surface area contributed by atoms with Gasteiger partial charge in [0.25, 0.3) is 0 Å². The summed E-state index contributed by atoms with van der Waals surface area (Å²) in [6, 6.07) is 0.601. The average molecular weight is 226 g/mol. The van der Waals surface area contributed by atoms with Gasteiger partial charge in [-0.25, -0.2) is 9.97 Å². The van der Waals surface area contributed by atoms with Crippen LogP contribution >= 0.6 is 11.6 Å². The predicted molar refractivity (Wildman–Crippen MR) is 62.3 cm³/mol. The minimum absolute atomic E-state index is 0.520.